The minimum Gasteiger partial charge on any atom is -0.454 e. The standard InChI is InChI=1S/C25H20ClN3O4S2/c26-14-5-8-16(9-6-14)29-24(31)22-17-3-1-2-4-20(17)35-23(22)28-25(29)34-12-21(30)27-15-7-10-18-19(11-15)33-13-32-18/h5-11H,1-4,12-13H2,(H,27,30). The second-order valence-corrected chi connectivity index (χ2v) is 10.8. The van der Waals surface area contributed by atoms with Crippen LogP contribution in [0.25, 0.3) is 15.9 Å². The third kappa shape index (κ3) is 4.28. The zero-order valence-electron chi connectivity index (χ0n) is 18.5. The van der Waals surface area contributed by atoms with Gasteiger partial charge in [0.15, 0.2) is 16.7 Å². The highest BCUT2D eigenvalue weighted by atomic mass is 35.5. The summed E-state index contributed by atoms with van der Waals surface area (Å²) in [5, 5.41) is 4.64. The summed E-state index contributed by atoms with van der Waals surface area (Å²) in [7, 11) is 0. The number of aromatic nitrogens is 2. The van der Waals surface area contributed by atoms with E-state index in [-0.39, 0.29) is 24.0 Å². The lowest BCUT2D eigenvalue weighted by Crippen LogP contribution is -2.23. The number of nitrogens with one attached hydrogen (secondary N) is 1. The molecule has 0 saturated heterocycles. The third-order valence-electron chi connectivity index (χ3n) is 6.03. The van der Waals surface area contributed by atoms with Crippen LogP contribution in [0.5, 0.6) is 11.5 Å². The van der Waals surface area contributed by atoms with E-state index in [0.29, 0.717) is 38.4 Å². The second kappa shape index (κ2) is 9.22. The molecule has 178 valence electrons. The molecule has 1 aliphatic carbocycles. The first-order valence-electron chi connectivity index (χ1n) is 11.2. The maximum Gasteiger partial charge on any atom is 0.267 e. The number of carbonyl (C=O) groups is 1. The van der Waals surface area contributed by atoms with Crippen LogP contribution in [0.1, 0.15) is 23.3 Å². The predicted molar refractivity (Wildman–Crippen MR) is 139 cm³/mol. The van der Waals surface area contributed by atoms with Gasteiger partial charge in [-0.2, -0.15) is 0 Å². The molecule has 2 aliphatic rings. The van der Waals surface area contributed by atoms with E-state index >= 15 is 0 Å². The van der Waals surface area contributed by atoms with Gasteiger partial charge >= 0.3 is 0 Å². The molecule has 35 heavy (non-hydrogen) atoms. The van der Waals surface area contributed by atoms with Crippen molar-refractivity contribution in [1.29, 1.82) is 0 Å². The molecule has 0 radical (unpaired) electrons. The van der Waals surface area contributed by atoms with E-state index in [1.54, 1.807) is 58.4 Å². The van der Waals surface area contributed by atoms with Gasteiger partial charge in [0, 0.05) is 21.7 Å². The first-order valence-corrected chi connectivity index (χ1v) is 13.4. The summed E-state index contributed by atoms with van der Waals surface area (Å²) in [4.78, 5) is 33.4. The van der Waals surface area contributed by atoms with Crippen molar-refractivity contribution in [2.45, 2.75) is 30.8 Å². The van der Waals surface area contributed by atoms with Gasteiger partial charge in [-0.05, 0) is 67.6 Å². The quantitative estimate of drug-likeness (QED) is 0.276. The number of amides is 1. The summed E-state index contributed by atoms with van der Waals surface area (Å²) in [6.07, 6.45) is 4.09. The SMILES string of the molecule is O=C(CSc1nc2sc3c(c2c(=O)n1-c1ccc(Cl)cc1)CCCC3)Nc1ccc2c(c1)OCO2. The fourth-order valence-electron chi connectivity index (χ4n) is 4.40. The number of ether oxygens (including phenoxy) is 2. The molecule has 1 aliphatic heterocycles. The first-order chi connectivity index (χ1) is 17.1. The summed E-state index contributed by atoms with van der Waals surface area (Å²) in [6.45, 7) is 0.172. The molecule has 1 amide bonds. The largest absolute Gasteiger partial charge is 0.454 e. The molecule has 6 rings (SSSR count). The lowest BCUT2D eigenvalue weighted by molar-refractivity contribution is -0.113. The lowest BCUT2D eigenvalue weighted by Gasteiger charge is -2.14. The molecular weight excluding hydrogens is 506 g/mol. The normalized spacial score (nSPS) is 14.2. The summed E-state index contributed by atoms with van der Waals surface area (Å²) in [5.41, 5.74) is 2.32. The minimum atomic E-state index is -0.212. The Morgan fingerprint density at radius 3 is 2.77 bits per heavy atom. The van der Waals surface area contributed by atoms with Crippen LogP contribution in [0.3, 0.4) is 0 Å². The van der Waals surface area contributed by atoms with Gasteiger partial charge in [-0.3, -0.25) is 14.2 Å². The summed E-state index contributed by atoms with van der Waals surface area (Å²) >= 11 is 8.92. The number of rotatable bonds is 5. The van der Waals surface area contributed by atoms with Crippen LogP contribution in [-0.4, -0.2) is 28.0 Å². The highest BCUT2D eigenvalue weighted by Crippen LogP contribution is 2.36. The van der Waals surface area contributed by atoms with Crippen molar-refractivity contribution in [3.05, 3.63) is 68.3 Å². The molecule has 0 spiro atoms. The Labute approximate surface area is 214 Å². The Kier molecular flexibility index (Phi) is 5.91. The molecular formula is C25H20ClN3O4S2. The Bertz CT molecular complexity index is 1510. The van der Waals surface area contributed by atoms with Gasteiger partial charge in [0.1, 0.15) is 4.83 Å². The highest BCUT2D eigenvalue weighted by molar-refractivity contribution is 7.99. The Morgan fingerprint density at radius 2 is 1.91 bits per heavy atom. The fraction of sp³-hybridized carbons (Fsp3) is 0.240. The number of hydrogen-bond donors (Lipinski definition) is 1. The van der Waals surface area contributed by atoms with Crippen LogP contribution >= 0.6 is 34.7 Å². The van der Waals surface area contributed by atoms with E-state index in [1.165, 1.54) is 16.6 Å². The number of hydrogen-bond acceptors (Lipinski definition) is 7. The van der Waals surface area contributed by atoms with Crippen molar-refractivity contribution in [3.63, 3.8) is 0 Å². The number of benzene rings is 2. The van der Waals surface area contributed by atoms with Crippen LogP contribution in [0.15, 0.2) is 52.4 Å². The van der Waals surface area contributed by atoms with Gasteiger partial charge in [-0.1, -0.05) is 23.4 Å². The molecule has 4 aromatic rings. The van der Waals surface area contributed by atoms with Crippen LogP contribution in [0.2, 0.25) is 5.02 Å². The fourth-order valence-corrected chi connectivity index (χ4v) is 6.64. The molecule has 0 fully saturated rings. The Morgan fingerprint density at radius 1 is 1.11 bits per heavy atom. The van der Waals surface area contributed by atoms with Gasteiger partial charge in [-0.15, -0.1) is 11.3 Å². The Hall–Kier alpha value is -3.01. The van der Waals surface area contributed by atoms with Crippen LogP contribution in [0, 0.1) is 0 Å². The maximum absolute atomic E-state index is 13.8. The van der Waals surface area contributed by atoms with Gasteiger partial charge in [0.05, 0.1) is 16.8 Å². The van der Waals surface area contributed by atoms with E-state index in [9.17, 15) is 9.59 Å². The summed E-state index contributed by atoms with van der Waals surface area (Å²) in [5.74, 6) is 1.13. The average Bonchev–Trinajstić information content (AvgIpc) is 3.47. The van der Waals surface area contributed by atoms with E-state index < -0.39 is 0 Å². The van der Waals surface area contributed by atoms with E-state index in [1.807, 2.05) is 0 Å². The molecule has 0 atom stereocenters. The van der Waals surface area contributed by atoms with Crippen molar-refractivity contribution < 1.29 is 14.3 Å². The van der Waals surface area contributed by atoms with Crippen LogP contribution in [-0.2, 0) is 17.6 Å². The molecule has 0 bridgehead atoms. The molecule has 3 heterocycles. The second-order valence-electron chi connectivity index (χ2n) is 8.31. The van der Waals surface area contributed by atoms with Gasteiger partial charge in [0.2, 0.25) is 12.7 Å². The number of carbonyl (C=O) groups excluding carboxylic acids is 1. The monoisotopic (exact) mass is 525 g/mol. The maximum atomic E-state index is 13.8. The van der Waals surface area contributed by atoms with Crippen molar-refractivity contribution in [2.75, 3.05) is 17.9 Å². The molecule has 2 aromatic heterocycles. The summed E-state index contributed by atoms with van der Waals surface area (Å²) < 4.78 is 12.3. The lowest BCUT2D eigenvalue weighted by atomic mass is 9.97. The van der Waals surface area contributed by atoms with Gasteiger partial charge in [-0.25, -0.2) is 4.98 Å². The predicted octanol–water partition coefficient (Wildman–Crippen LogP) is 5.44. The topological polar surface area (TPSA) is 82.5 Å². The smallest absolute Gasteiger partial charge is 0.267 e. The van der Waals surface area contributed by atoms with E-state index in [0.717, 1.165) is 36.1 Å². The first kappa shape index (κ1) is 22.5. The molecule has 1 N–H and O–H groups in total. The number of anilines is 1. The van der Waals surface area contributed by atoms with Crippen molar-refractivity contribution in [1.82, 2.24) is 9.55 Å². The number of halogens is 1. The van der Waals surface area contributed by atoms with Crippen LogP contribution < -0.4 is 20.3 Å². The molecule has 0 unspecified atom stereocenters. The van der Waals surface area contributed by atoms with Gasteiger partial charge < -0.3 is 14.8 Å². The number of aryl methyl sites for hydroxylation is 2. The van der Waals surface area contributed by atoms with Crippen molar-refractivity contribution in [2.24, 2.45) is 0 Å². The molecule has 10 heteroatoms. The number of thioether (sulfide) groups is 1. The van der Waals surface area contributed by atoms with Crippen molar-refractivity contribution in [3.8, 4) is 17.2 Å². The Balaban J connectivity index is 1.33. The van der Waals surface area contributed by atoms with Crippen LogP contribution in [0.4, 0.5) is 5.69 Å². The summed E-state index contributed by atoms with van der Waals surface area (Å²) in [6, 6.07) is 12.3. The van der Waals surface area contributed by atoms with E-state index in [2.05, 4.69) is 5.32 Å². The third-order valence-corrected chi connectivity index (χ3v) is 8.41. The average molecular weight is 526 g/mol. The van der Waals surface area contributed by atoms with Crippen molar-refractivity contribution >= 4 is 56.5 Å². The van der Waals surface area contributed by atoms with E-state index in [4.69, 9.17) is 26.1 Å². The molecule has 7 nitrogen and oxygen atoms in total. The molecule has 0 saturated carbocycles. The zero-order valence-corrected chi connectivity index (χ0v) is 20.9. The minimum absolute atomic E-state index is 0.0884. The number of nitrogens with zero attached hydrogens (tertiary/aromatic N) is 2. The van der Waals surface area contributed by atoms with Gasteiger partial charge in [0.25, 0.3) is 5.56 Å². The zero-order chi connectivity index (χ0) is 23.9. The number of fused-ring (bicyclic) bond motifs is 4. The number of thiophene rings is 1. The highest BCUT2D eigenvalue weighted by Gasteiger charge is 2.23. The molecule has 2 aromatic carbocycles.